The third-order valence-corrected chi connectivity index (χ3v) is 4.43. The molecule has 128 valence electrons. The second-order valence-electron chi connectivity index (χ2n) is 6.11. The lowest BCUT2D eigenvalue weighted by atomic mass is 10.0. The zero-order valence-corrected chi connectivity index (χ0v) is 14.3. The molecule has 0 unspecified atom stereocenters. The summed E-state index contributed by atoms with van der Waals surface area (Å²) in [5.74, 6) is 2.77. The van der Waals surface area contributed by atoms with Crippen LogP contribution in [0.5, 0.6) is 11.5 Å². The molecule has 3 N–H and O–H groups in total. The topological polar surface area (TPSA) is 68.9 Å². The number of nitrogens with zero attached hydrogens (tertiary/aromatic N) is 1. The van der Waals surface area contributed by atoms with Crippen molar-refractivity contribution < 1.29 is 9.47 Å². The van der Waals surface area contributed by atoms with E-state index in [1.54, 1.807) is 14.2 Å². The van der Waals surface area contributed by atoms with E-state index in [2.05, 4.69) is 10.3 Å². The average molecular weight is 319 g/mol. The highest BCUT2D eigenvalue weighted by Gasteiger charge is 2.13. The third kappa shape index (κ3) is 5.66. The Kier molecular flexibility index (Phi) is 7.04. The molecule has 0 amide bonds. The van der Waals surface area contributed by atoms with Gasteiger partial charge in [0.15, 0.2) is 17.5 Å². The predicted molar refractivity (Wildman–Crippen MR) is 95.5 cm³/mol. The number of ether oxygens (including phenoxy) is 2. The van der Waals surface area contributed by atoms with Crippen LogP contribution in [0.3, 0.4) is 0 Å². The van der Waals surface area contributed by atoms with Crippen LogP contribution in [0.1, 0.15) is 44.9 Å². The number of anilines is 1. The fraction of sp³-hybridized carbons (Fsp3) is 0.611. The SMILES string of the molecule is COc1ccc(NC(N)=NCCCCC2CCCC2)cc1OC. The third-order valence-electron chi connectivity index (χ3n) is 4.43. The number of aliphatic imine (C=N–C) groups is 1. The maximum Gasteiger partial charge on any atom is 0.193 e. The van der Waals surface area contributed by atoms with Gasteiger partial charge in [0, 0.05) is 18.3 Å². The van der Waals surface area contributed by atoms with Crippen molar-refractivity contribution in [2.24, 2.45) is 16.6 Å². The maximum absolute atomic E-state index is 5.94. The first-order chi connectivity index (χ1) is 11.2. The Morgan fingerprint density at radius 3 is 2.61 bits per heavy atom. The highest BCUT2D eigenvalue weighted by Crippen LogP contribution is 2.30. The molecule has 0 atom stereocenters. The molecule has 23 heavy (non-hydrogen) atoms. The molecule has 5 nitrogen and oxygen atoms in total. The molecule has 0 heterocycles. The van der Waals surface area contributed by atoms with Gasteiger partial charge < -0.3 is 20.5 Å². The molecule has 0 radical (unpaired) electrons. The van der Waals surface area contributed by atoms with Gasteiger partial charge in [0.1, 0.15) is 0 Å². The molecule has 5 heteroatoms. The van der Waals surface area contributed by atoms with E-state index < -0.39 is 0 Å². The molecule has 1 fully saturated rings. The number of methoxy groups -OCH3 is 2. The molecular weight excluding hydrogens is 290 g/mol. The molecule has 1 saturated carbocycles. The Hall–Kier alpha value is -1.91. The summed E-state index contributed by atoms with van der Waals surface area (Å²) in [6.07, 6.45) is 9.38. The minimum absolute atomic E-state index is 0.443. The first-order valence-corrected chi connectivity index (χ1v) is 8.52. The van der Waals surface area contributed by atoms with Gasteiger partial charge >= 0.3 is 0 Å². The number of nitrogens with one attached hydrogen (secondary N) is 1. The molecule has 2 rings (SSSR count). The zero-order chi connectivity index (χ0) is 16.5. The molecule has 0 saturated heterocycles. The van der Waals surface area contributed by atoms with Crippen LogP contribution in [0, 0.1) is 5.92 Å². The first-order valence-electron chi connectivity index (χ1n) is 8.52. The van der Waals surface area contributed by atoms with Crippen molar-refractivity contribution in [3.63, 3.8) is 0 Å². The second kappa shape index (κ2) is 9.28. The molecule has 1 aliphatic rings. The van der Waals surface area contributed by atoms with Gasteiger partial charge in [-0.25, -0.2) is 0 Å². The van der Waals surface area contributed by atoms with Gasteiger partial charge in [-0.3, -0.25) is 4.99 Å². The summed E-state index contributed by atoms with van der Waals surface area (Å²) in [6.45, 7) is 0.777. The van der Waals surface area contributed by atoms with Gasteiger partial charge in [-0.15, -0.1) is 0 Å². The van der Waals surface area contributed by atoms with Crippen LogP contribution in [0.4, 0.5) is 5.69 Å². The van der Waals surface area contributed by atoms with Crippen LogP contribution >= 0.6 is 0 Å². The molecule has 0 bridgehead atoms. The zero-order valence-electron chi connectivity index (χ0n) is 14.3. The van der Waals surface area contributed by atoms with Gasteiger partial charge in [-0.2, -0.15) is 0 Å². The monoisotopic (exact) mass is 319 g/mol. The van der Waals surface area contributed by atoms with Gasteiger partial charge in [0.05, 0.1) is 14.2 Å². The van der Waals surface area contributed by atoms with E-state index >= 15 is 0 Å². The summed E-state index contributed by atoms with van der Waals surface area (Å²) in [7, 11) is 3.23. The van der Waals surface area contributed by atoms with Crippen LogP contribution in [0.15, 0.2) is 23.2 Å². The maximum atomic E-state index is 5.94. The summed E-state index contributed by atoms with van der Waals surface area (Å²) in [5, 5.41) is 3.09. The van der Waals surface area contributed by atoms with E-state index in [9.17, 15) is 0 Å². The van der Waals surface area contributed by atoms with Crippen molar-refractivity contribution >= 4 is 11.6 Å². The van der Waals surface area contributed by atoms with Gasteiger partial charge in [-0.1, -0.05) is 38.5 Å². The van der Waals surface area contributed by atoms with Crippen LogP contribution in [0.2, 0.25) is 0 Å². The Morgan fingerprint density at radius 1 is 1.17 bits per heavy atom. The molecule has 0 spiro atoms. The Bertz CT molecular complexity index is 511. The first kappa shape index (κ1) is 17.4. The lowest BCUT2D eigenvalue weighted by Gasteiger charge is -2.11. The minimum Gasteiger partial charge on any atom is -0.493 e. The standard InChI is InChI=1S/C18H29N3O2/c1-22-16-11-10-15(13-17(16)23-2)21-18(19)20-12-6-5-9-14-7-3-4-8-14/h10-11,13-14H,3-9,12H2,1-2H3,(H3,19,20,21). The van der Waals surface area contributed by atoms with Crippen LogP contribution in [-0.2, 0) is 0 Å². The number of hydrogen-bond donors (Lipinski definition) is 2. The Balaban J connectivity index is 1.73. The lowest BCUT2D eigenvalue weighted by Crippen LogP contribution is -2.22. The van der Waals surface area contributed by atoms with E-state index in [-0.39, 0.29) is 0 Å². The summed E-state index contributed by atoms with van der Waals surface area (Å²) in [5.41, 5.74) is 6.78. The van der Waals surface area contributed by atoms with Crippen molar-refractivity contribution in [3.05, 3.63) is 18.2 Å². The average Bonchev–Trinajstić information content (AvgIpc) is 3.07. The Labute approximate surface area is 139 Å². The largest absolute Gasteiger partial charge is 0.493 e. The number of rotatable bonds is 8. The fourth-order valence-electron chi connectivity index (χ4n) is 3.14. The fourth-order valence-corrected chi connectivity index (χ4v) is 3.14. The number of hydrogen-bond acceptors (Lipinski definition) is 3. The quantitative estimate of drug-likeness (QED) is 0.434. The predicted octanol–water partition coefficient (Wildman–Crippen LogP) is 3.79. The molecule has 0 aromatic heterocycles. The number of guanidine groups is 1. The van der Waals surface area contributed by atoms with E-state index in [1.165, 1.54) is 38.5 Å². The second-order valence-corrected chi connectivity index (χ2v) is 6.11. The van der Waals surface area contributed by atoms with E-state index in [1.807, 2.05) is 18.2 Å². The van der Waals surface area contributed by atoms with E-state index in [0.717, 1.165) is 24.6 Å². The Morgan fingerprint density at radius 2 is 1.91 bits per heavy atom. The van der Waals surface area contributed by atoms with Crippen molar-refractivity contribution in [1.82, 2.24) is 0 Å². The lowest BCUT2D eigenvalue weighted by molar-refractivity contribution is 0.355. The van der Waals surface area contributed by atoms with Crippen LogP contribution < -0.4 is 20.5 Å². The van der Waals surface area contributed by atoms with Crippen molar-refractivity contribution in [2.75, 3.05) is 26.1 Å². The highest BCUT2D eigenvalue weighted by molar-refractivity contribution is 5.92. The summed E-state index contributed by atoms with van der Waals surface area (Å²) in [4.78, 5) is 4.39. The van der Waals surface area contributed by atoms with Crippen LogP contribution in [-0.4, -0.2) is 26.7 Å². The van der Waals surface area contributed by atoms with Gasteiger partial charge in [0.25, 0.3) is 0 Å². The molecule has 1 aromatic carbocycles. The van der Waals surface area contributed by atoms with E-state index in [0.29, 0.717) is 17.5 Å². The summed E-state index contributed by atoms with van der Waals surface area (Å²) in [6, 6.07) is 5.58. The summed E-state index contributed by atoms with van der Waals surface area (Å²) >= 11 is 0. The van der Waals surface area contributed by atoms with Crippen LogP contribution in [0.25, 0.3) is 0 Å². The summed E-state index contributed by atoms with van der Waals surface area (Å²) < 4.78 is 10.5. The molecule has 0 aliphatic heterocycles. The number of benzene rings is 1. The van der Waals surface area contributed by atoms with Crippen molar-refractivity contribution in [1.29, 1.82) is 0 Å². The highest BCUT2D eigenvalue weighted by atomic mass is 16.5. The smallest absolute Gasteiger partial charge is 0.193 e. The molecule has 1 aliphatic carbocycles. The molecular formula is C18H29N3O2. The van der Waals surface area contributed by atoms with Crippen molar-refractivity contribution in [2.45, 2.75) is 44.9 Å². The minimum atomic E-state index is 0.443. The number of unbranched alkanes of at least 4 members (excludes halogenated alkanes) is 1. The van der Waals surface area contributed by atoms with E-state index in [4.69, 9.17) is 15.2 Å². The normalized spacial score (nSPS) is 15.7. The molecule has 1 aromatic rings. The van der Waals surface area contributed by atoms with Crippen molar-refractivity contribution in [3.8, 4) is 11.5 Å². The van der Waals surface area contributed by atoms with Gasteiger partial charge in [0.2, 0.25) is 0 Å². The van der Waals surface area contributed by atoms with Gasteiger partial charge in [-0.05, 0) is 24.5 Å². The number of nitrogens with two attached hydrogens (primary N) is 1.